The van der Waals surface area contributed by atoms with Crippen LogP contribution in [0, 0.1) is 0 Å². The van der Waals surface area contributed by atoms with Crippen LogP contribution in [0.15, 0.2) is 97.2 Å². The number of carbonyl (C=O) groups excluding carboxylic acids is 4. The SMILES string of the molecule is CC/C=C\C/C=C\C/C=C\C/C=C\C/C=C\CC(=O)OCC(COP(=O)(O)OCC(O)COP(=O)(O)OCC(COC(=O)CCCCCCCCC/C=C\C/C=C\C/C=C\CC)OC(=O)CCCCCCCCCCCCCCC)OC(=O)CCCCCCCCCCCCCCCCC. The molecule has 100 heavy (non-hydrogen) atoms. The van der Waals surface area contributed by atoms with Crippen LogP contribution < -0.4 is 0 Å². The predicted octanol–water partition coefficient (Wildman–Crippen LogP) is 22.8. The number of rotatable bonds is 74. The highest BCUT2D eigenvalue weighted by Gasteiger charge is 2.30. The van der Waals surface area contributed by atoms with Gasteiger partial charge in [0.15, 0.2) is 12.2 Å². The smallest absolute Gasteiger partial charge is 0.462 e. The first-order valence-corrected chi connectivity index (χ1v) is 42.5. The van der Waals surface area contributed by atoms with Crippen molar-refractivity contribution in [3.8, 4) is 0 Å². The van der Waals surface area contributed by atoms with Crippen LogP contribution in [0.2, 0.25) is 0 Å². The third-order valence-corrected chi connectivity index (χ3v) is 18.5. The average Bonchev–Trinajstić information content (AvgIpc) is 0.988. The summed E-state index contributed by atoms with van der Waals surface area (Å²) in [6.45, 7) is 4.58. The van der Waals surface area contributed by atoms with Gasteiger partial charge in [-0.3, -0.25) is 37.3 Å². The van der Waals surface area contributed by atoms with E-state index >= 15 is 0 Å². The van der Waals surface area contributed by atoms with Crippen molar-refractivity contribution in [3.05, 3.63) is 97.2 Å². The Labute approximate surface area is 607 Å². The number of unbranched alkanes of at least 4 members (excludes halogenated alkanes) is 33. The van der Waals surface area contributed by atoms with Gasteiger partial charge in [0.25, 0.3) is 0 Å². The largest absolute Gasteiger partial charge is 0.472 e. The molecular weight excluding hydrogens is 1310 g/mol. The number of allylic oxidation sites excluding steroid dienone is 15. The van der Waals surface area contributed by atoms with Gasteiger partial charge in [-0.25, -0.2) is 9.13 Å². The molecule has 0 saturated carbocycles. The first-order chi connectivity index (χ1) is 48.7. The van der Waals surface area contributed by atoms with Gasteiger partial charge >= 0.3 is 39.5 Å². The molecule has 0 amide bonds. The molecule has 0 saturated heterocycles. The number of aliphatic hydroxyl groups excluding tert-OH is 1. The van der Waals surface area contributed by atoms with Gasteiger partial charge in [0, 0.05) is 19.3 Å². The van der Waals surface area contributed by atoms with E-state index in [1.165, 1.54) is 116 Å². The van der Waals surface area contributed by atoms with Gasteiger partial charge in [0.05, 0.1) is 32.8 Å². The van der Waals surface area contributed by atoms with Crippen LogP contribution >= 0.6 is 15.6 Å². The highest BCUT2D eigenvalue weighted by molar-refractivity contribution is 7.47. The summed E-state index contributed by atoms with van der Waals surface area (Å²) in [5, 5.41) is 10.6. The van der Waals surface area contributed by atoms with E-state index in [9.17, 15) is 43.2 Å². The summed E-state index contributed by atoms with van der Waals surface area (Å²) in [5.41, 5.74) is 0. The quantitative estimate of drug-likeness (QED) is 0.0169. The minimum Gasteiger partial charge on any atom is -0.462 e. The molecule has 0 aliphatic heterocycles. The van der Waals surface area contributed by atoms with E-state index in [1.807, 2.05) is 18.2 Å². The average molecular weight is 1450 g/mol. The Balaban J connectivity index is 5.38. The molecule has 0 aliphatic rings. The fraction of sp³-hybridized carbons (Fsp3) is 0.753. The van der Waals surface area contributed by atoms with Crippen molar-refractivity contribution in [2.75, 3.05) is 39.6 Å². The Morgan fingerprint density at radius 2 is 0.560 bits per heavy atom. The van der Waals surface area contributed by atoms with Crippen molar-refractivity contribution in [1.29, 1.82) is 0 Å². The lowest BCUT2D eigenvalue weighted by atomic mass is 10.0. The zero-order valence-electron chi connectivity index (χ0n) is 63.1. The lowest BCUT2D eigenvalue weighted by Crippen LogP contribution is -2.30. The van der Waals surface area contributed by atoms with Crippen molar-refractivity contribution in [3.63, 3.8) is 0 Å². The fourth-order valence-electron chi connectivity index (χ4n) is 10.7. The van der Waals surface area contributed by atoms with Crippen LogP contribution in [-0.2, 0) is 65.4 Å². The third kappa shape index (κ3) is 72.3. The van der Waals surface area contributed by atoms with Gasteiger partial charge in [-0.05, 0) is 83.5 Å². The Bertz CT molecular complexity index is 2270. The summed E-state index contributed by atoms with van der Waals surface area (Å²) < 4.78 is 68.4. The van der Waals surface area contributed by atoms with Crippen LogP contribution in [0.3, 0.4) is 0 Å². The number of hydrogen-bond donors (Lipinski definition) is 3. The molecule has 3 N–H and O–H groups in total. The Kier molecular flexibility index (Phi) is 70.4. The van der Waals surface area contributed by atoms with E-state index in [2.05, 4.69) is 101 Å². The molecule has 0 radical (unpaired) electrons. The molecule has 0 aromatic rings. The predicted molar refractivity (Wildman–Crippen MR) is 409 cm³/mol. The standard InChI is InChI=1S/C81H142O17P2/c1-5-9-13-17-21-25-29-33-36-37-40-43-46-50-54-58-62-66-79(84)92-71-76(97-80(85)67-63-59-55-51-47-41-32-28-24-20-16-12-8-4)73-95-99(87,88)93-69-75(82)70-94-100(89,90)96-74-77(98-81(86)68-64-60-56-52-48-44-39-35-31-27-23-19-15-11-7-3)72-91-78(83)65-61-57-53-49-45-42-38-34-30-26-22-18-14-10-6-2/h9-10,13-14,21-22,25-26,33-34,36,38,45,49,57,61,75-77,82H,5-8,11-12,15-20,23-24,27-32,35,37,39-44,46-48,50-56,58-60,62-74H2,1-4H3,(H,87,88)(H,89,90)/b13-9-,14-10-,25-21-,26-22-,36-33-,38-34-,49-45-,61-57-. The molecule has 5 atom stereocenters. The fourth-order valence-corrected chi connectivity index (χ4v) is 12.2. The summed E-state index contributed by atoms with van der Waals surface area (Å²) in [6, 6.07) is 0. The highest BCUT2D eigenvalue weighted by Crippen LogP contribution is 2.45. The molecule has 5 unspecified atom stereocenters. The minimum atomic E-state index is -4.99. The number of hydrogen-bond acceptors (Lipinski definition) is 15. The van der Waals surface area contributed by atoms with Crippen molar-refractivity contribution in [2.45, 2.75) is 354 Å². The lowest BCUT2D eigenvalue weighted by Gasteiger charge is -2.21. The number of phosphoric ester groups is 2. The molecule has 0 spiro atoms. The monoisotopic (exact) mass is 1450 g/mol. The van der Waals surface area contributed by atoms with Crippen LogP contribution in [0.4, 0.5) is 0 Å². The summed E-state index contributed by atoms with van der Waals surface area (Å²) in [6.07, 6.45) is 77.0. The van der Waals surface area contributed by atoms with Crippen molar-refractivity contribution < 1.29 is 80.2 Å². The normalized spacial score (nSPS) is 14.4. The maximum atomic E-state index is 13.1. The van der Waals surface area contributed by atoms with Gasteiger partial charge in [-0.2, -0.15) is 0 Å². The number of phosphoric acid groups is 2. The zero-order valence-corrected chi connectivity index (χ0v) is 64.9. The second kappa shape index (κ2) is 73.3. The van der Waals surface area contributed by atoms with Crippen molar-refractivity contribution in [2.24, 2.45) is 0 Å². The van der Waals surface area contributed by atoms with Crippen molar-refractivity contribution in [1.82, 2.24) is 0 Å². The molecule has 17 nitrogen and oxygen atoms in total. The first-order valence-electron chi connectivity index (χ1n) is 39.5. The topological polar surface area (TPSA) is 237 Å². The Morgan fingerprint density at radius 3 is 0.890 bits per heavy atom. The molecule has 0 aliphatic carbocycles. The molecular formula is C81H142O17P2. The number of carbonyl (C=O) groups is 4. The van der Waals surface area contributed by atoms with E-state index in [0.29, 0.717) is 25.7 Å². The third-order valence-electron chi connectivity index (χ3n) is 16.6. The zero-order chi connectivity index (χ0) is 73.2. The van der Waals surface area contributed by atoms with Gasteiger partial charge < -0.3 is 33.8 Å². The highest BCUT2D eigenvalue weighted by atomic mass is 31.2. The molecule has 0 aromatic heterocycles. The summed E-state index contributed by atoms with van der Waals surface area (Å²) in [5.74, 6) is -2.31. The summed E-state index contributed by atoms with van der Waals surface area (Å²) in [7, 11) is -9.97. The minimum absolute atomic E-state index is 0.0680. The van der Waals surface area contributed by atoms with E-state index in [-0.39, 0.29) is 25.7 Å². The maximum absolute atomic E-state index is 13.1. The van der Waals surface area contributed by atoms with Gasteiger partial charge in [0.2, 0.25) is 0 Å². The molecule has 0 heterocycles. The van der Waals surface area contributed by atoms with Crippen LogP contribution in [-0.4, -0.2) is 96.7 Å². The van der Waals surface area contributed by atoms with Gasteiger partial charge in [-0.15, -0.1) is 0 Å². The van der Waals surface area contributed by atoms with Crippen LogP contribution in [0.5, 0.6) is 0 Å². The number of aliphatic hydroxyl groups is 1. The second-order valence-electron chi connectivity index (χ2n) is 26.3. The van der Waals surface area contributed by atoms with Crippen LogP contribution in [0.1, 0.15) is 336 Å². The summed E-state index contributed by atoms with van der Waals surface area (Å²) in [4.78, 5) is 72.9. The summed E-state index contributed by atoms with van der Waals surface area (Å²) >= 11 is 0. The number of ether oxygens (including phenoxy) is 4. The molecule has 0 aromatic carbocycles. The second-order valence-corrected chi connectivity index (χ2v) is 29.2. The van der Waals surface area contributed by atoms with E-state index in [0.717, 1.165) is 141 Å². The Morgan fingerprint density at radius 1 is 0.300 bits per heavy atom. The van der Waals surface area contributed by atoms with Crippen LogP contribution in [0.25, 0.3) is 0 Å². The maximum Gasteiger partial charge on any atom is 0.472 e. The van der Waals surface area contributed by atoms with E-state index in [1.54, 1.807) is 6.08 Å². The van der Waals surface area contributed by atoms with E-state index in [4.69, 9.17) is 37.0 Å². The molecule has 0 bridgehead atoms. The first kappa shape index (κ1) is 96.0. The molecule has 19 heteroatoms. The lowest BCUT2D eigenvalue weighted by molar-refractivity contribution is -0.161. The van der Waals surface area contributed by atoms with Gasteiger partial charge in [-0.1, -0.05) is 324 Å². The molecule has 578 valence electrons. The van der Waals surface area contributed by atoms with E-state index < -0.39 is 97.5 Å². The van der Waals surface area contributed by atoms with Gasteiger partial charge in [0.1, 0.15) is 19.3 Å². The Hall–Kier alpha value is -4.02. The molecule has 0 rings (SSSR count). The number of esters is 4. The molecule has 0 fully saturated rings. The van der Waals surface area contributed by atoms with Crippen molar-refractivity contribution >= 4 is 39.5 Å².